The Kier molecular flexibility index (Phi) is 8.16. The first-order valence-corrected chi connectivity index (χ1v) is 8.04. The molecule has 0 saturated carbocycles. The van der Waals surface area contributed by atoms with Crippen molar-refractivity contribution < 1.29 is 8.78 Å². The number of hydrogen-bond donors (Lipinski definition) is 2. The number of nitrogens with zero attached hydrogens (tertiary/aromatic N) is 4. The van der Waals surface area contributed by atoms with Crippen LogP contribution >= 0.6 is 36.4 Å². The van der Waals surface area contributed by atoms with E-state index >= 15 is 0 Å². The number of fused-ring (bicyclic) bond motifs is 1. The normalized spacial score (nSPS) is 11.6. The highest BCUT2D eigenvalue weighted by Gasteiger charge is 2.22. The van der Waals surface area contributed by atoms with Gasteiger partial charge in [0.05, 0.1) is 17.3 Å². The minimum absolute atomic E-state index is 0. The lowest BCUT2D eigenvalue weighted by Crippen LogP contribution is -2.20. The summed E-state index contributed by atoms with van der Waals surface area (Å²) < 4.78 is 30.3. The Hall–Kier alpha value is -1.74. The molecule has 0 aliphatic heterocycles. The topological polar surface area (TPSA) is 81.7 Å². The first kappa shape index (κ1) is 23.3. The van der Waals surface area contributed by atoms with Crippen LogP contribution in [0.25, 0.3) is 11.0 Å². The van der Waals surface area contributed by atoms with E-state index in [1.54, 1.807) is 18.5 Å². The molecular formula is C16H19Cl3F2N6. The predicted molar refractivity (Wildman–Crippen MR) is 107 cm³/mol. The summed E-state index contributed by atoms with van der Waals surface area (Å²) in [6.45, 7) is 1.90. The Morgan fingerprint density at radius 3 is 2.63 bits per heavy atom. The first-order chi connectivity index (χ1) is 11.9. The third-order valence-electron chi connectivity index (χ3n) is 3.88. The van der Waals surface area contributed by atoms with Crippen molar-refractivity contribution in [2.75, 3.05) is 5.32 Å². The van der Waals surface area contributed by atoms with Crippen LogP contribution in [0.1, 0.15) is 18.2 Å². The molecule has 0 spiro atoms. The van der Waals surface area contributed by atoms with Gasteiger partial charge in [-0.25, -0.2) is 8.78 Å². The third-order valence-corrected chi connectivity index (χ3v) is 4.05. The summed E-state index contributed by atoms with van der Waals surface area (Å²) in [7, 11) is 1.69. The van der Waals surface area contributed by atoms with E-state index in [1.807, 2.05) is 0 Å². The van der Waals surface area contributed by atoms with Gasteiger partial charge < -0.3 is 15.6 Å². The van der Waals surface area contributed by atoms with Crippen LogP contribution in [0.15, 0.2) is 18.5 Å². The Labute approximate surface area is 172 Å². The standard InChI is InChI=1S/C16H17ClF2N6.2ClH/c1-8(20)5-11-13(19)12-14(23-16(17)24-15(12)25(11)2)22-6-9-3-4-21-7-10(9)18;;/h3-4,7-8H,5-6,20H2,1-2H3,(H,22,23,24);2*1H/t8-;;/m0../s1. The molecule has 0 unspecified atom stereocenters. The summed E-state index contributed by atoms with van der Waals surface area (Å²) >= 11 is 5.97. The number of hydrogen-bond acceptors (Lipinski definition) is 5. The zero-order valence-corrected chi connectivity index (χ0v) is 16.9. The average Bonchev–Trinajstić information content (AvgIpc) is 2.78. The lowest BCUT2D eigenvalue weighted by atomic mass is 10.2. The van der Waals surface area contributed by atoms with Gasteiger partial charge in [0, 0.05) is 37.8 Å². The molecule has 3 aromatic rings. The molecule has 11 heteroatoms. The molecule has 3 rings (SSSR count). The molecule has 6 nitrogen and oxygen atoms in total. The fourth-order valence-corrected chi connectivity index (χ4v) is 2.84. The average molecular weight is 440 g/mol. The highest BCUT2D eigenvalue weighted by molar-refractivity contribution is 6.28. The van der Waals surface area contributed by atoms with E-state index < -0.39 is 11.6 Å². The molecule has 0 bridgehead atoms. The van der Waals surface area contributed by atoms with Crippen molar-refractivity contribution >= 4 is 53.3 Å². The van der Waals surface area contributed by atoms with E-state index in [1.165, 1.54) is 12.3 Å². The van der Waals surface area contributed by atoms with Crippen LogP contribution in [0.2, 0.25) is 5.28 Å². The lowest BCUT2D eigenvalue weighted by Gasteiger charge is -2.08. The van der Waals surface area contributed by atoms with Gasteiger partial charge in [-0.1, -0.05) is 0 Å². The number of aryl methyl sites for hydroxylation is 1. The van der Waals surface area contributed by atoms with Crippen molar-refractivity contribution in [3.8, 4) is 0 Å². The number of nitrogens with two attached hydrogens (primary N) is 1. The maximum atomic E-state index is 14.9. The summed E-state index contributed by atoms with van der Waals surface area (Å²) in [5.74, 6) is -0.711. The monoisotopic (exact) mass is 438 g/mol. The molecule has 0 aromatic carbocycles. The molecule has 0 aliphatic carbocycles. The van der Waals surface area contributed by atoms with E-state index in [4.69, 9.17) is 17.3 Å². The van der Waals surface area contributed by atoms with Gasteiger partial charge in [0.1, 0.15) is 17.3 Å². The van der Waals surface area contributed by atoms with Gasteiger partial charge in [-0.3, -0.25) is 4.98 Å². The van der Waals surface area contributed by atoms with Gasteiger partial charge in [-0.2, -0.15) is 9.97 Å². The summed E-state index contributed by atoms with van der Waals surface area (Å²) in [5.41, 5.74) is 6.95. The van der Waals surface area contributed by atoms with E-state index in [2.05, 4.69) is 20.3 Å². The summed E-state index contributed by atoms with van der Waals surface area (Å²) in [5, 5.41) is 3.11. The van der Waals surface area contributed by atoms with Crippen LogP contribution in [0.5, 0.6) is 0 Å². The smallest absolute Gasteiger partial charge is 0.226 e. The minimum Gasteiger partial charge on any atom is -0.365 e. The zero-order valence-electron chi connectivity index (χ0n) is 14.5. The van der Waals surface area contributed by atoms with Gasteiger partial charge in [-0.05, 0) is 24.6 Å². The second kappa shape index (κ2) is 9.45. The van der Waals surface area contributed by atoms with Gasteiger partial charge in [0.2, 0.25) is 5.28 Å². The van der Waals surface area contributed by atoms with Gasteiger partial charge in [-0.15, -0.1) is 24.8 Å². The van der Waals surface area contributed by atoms with Gasteiger partial charge in [0.15, 0.2) is 5.82 Å². The number of rotatable bonds is 5. The van der Waals surface area contributed by atoms with Crippen molar-refractivity contribution in [2.45, 2.75) is 25.9 Å². The molecule has 0 amide bonds. The van der Waals surface area contributed by atoms with Crippen LogP contribution in [-0.2, 0) is 20.0 Å². The van der Waals surface area contributed by atoms with Gasteiger partial charge in [0.25, 0.3) is 0 Å². The van der Waals surface area contributed by atoms with E-state index in [0.717, 1.165) is 6.20 Å². The Bertz CT molecular complexity index is 932. The second-order valence-corrected chi connectivity index (χ2v) is 6.20. The minimum atomic E-state index is -0.461. The Morgan fingerprint density at radius 2 is 2.00 bits per heavy atom. The predicted octanol–water partition coefficient (Wildman–Crippen LogP) is 3.64. The molecule has 0 fully saturated rings. The summed E-state index contributed by atoms with van der Waals surface area (Å²) in [6.07, 6.45) is 2.94. The van der Waals surface area contributed by atoms with Crippen LogP contribution in [0.4, 0.5) is 14.6 Å². The lowest BCUT2D eigenvalue weighted by molar-refractivity contribution is 0.586. The number of anilines is 1. The zero-order chi connectivity index (χ0) is 18.1. The molecule has 0 saturated heterocycles. The van der Waals surface area contributed by atoms with Crippen molar-refractivity contribution in [1.82, 2.24) is 19.5 Å². The molecular weight excluding hydrogens is 421 g/mol. The number of halogens is 5. The summed E-state index contributed by atoms with van der Waals surface area (Å²) in [4.78, 5) is 11.9. The largest absolute Gasteiger partial charge is 0.365 e. The number of aromatic nitrogens is 4. The SMILES string of the molecule is C[C@H](N)Cc1c(F)c2c(NCc3ccncc3F)nc(Cl)nc2n1C.Cl.Cl. The maximum Gasteiger partial charge on any atom is 0.226 e. The molecule has 1 atom stereocenters. The molecule has 3 N–H and O–H groups in total. The van der Waals surface area contributed by atoms with Crippen LogP contribution in [0.3, 0.4) is 0 Å². The van der Waals surface area contributed by atoms with Crippen molar-refractivity contribution in [3.63, 3.8) is 0 Å². The van der Waals surface area contributed by atoms with E-state index in [-0.39, 0.29) is 53.9 Å². The van der Waals surface area contributed by atoms with Crippen LogP contribution < -0.4 is 11.1 Å². The quantitative estimate of drug-likeness (QED) is 0.593. The third kappa shape index (κ3) is 4.76. The molecule has 0 aliphatic rings. The summed E-state index contributed by atoms with van der Waals surface area (Å²) in [6, 6.07) is 1.31. The highest BCUT2D eigenvalue weighted by atomic mass is 35.5. The highest BCUT2D eigenvalue weighted by Crippen LogP contribution is 2.30. The molecule has 27 heavy (non-hydrogen) atoms. The van der Waals surface area contributed by atoms with E-state index in [0.29, 0.717) is 23.3 Å². The Balaban J connectivity index is 0.00000182. The second-order valence-electron chi connectivity index (χ2n) is 5.86. The number of nitrogens with one attached hydrogen (secondary N) is 1. The molecule has 3 aromatic heterocycles. The fourth-order valence-electron chi connectivity index (χ4n) is 2.67. The van der Waals surface area contributed by atoms with Crippen molar-refractivity contribution in [1.29, 1.82) is 0 Å². The van der Waals surface area contributed by atoms with Crippen molar-refractivity contribution in [2.24, 2.45) is 12.8 Å². The fraction of sp³-hybridized carbons (Fsp3) is 0.312. The Morgan fingerprint density at radius 1 is 1.30 bits per heavy atom. The maximum absolute atomic E-state index is 14.9. The van der Waals surface area contributed by atoms with Crippen LogP contribution in [0, 0.1) is 11.6 Å². The molecule has 3 heterocycles. The van der Waals surface area contributed by atoms with Crippen LogP contribution in [-0.4, -0.2) is 25.6 Å². The molecule has 0 radical (unpaired) electrons. The number of pyridine rings is 1. The van der Waals surface area contributed by atoms with E-state index in [9.17, 15) is 8.78 Å². The first-order valence-electron chi connectivity index (χ1n) is 7.66. The van der Waals surface area contributed by atoms with Crippen molar-refractivity contribution in [3.05, 3.63) is 46.6 Å². The molecule has 148 valence electrons. The van der Waals surface area contributed by atoms with Gasteiger partial charge >= 0.3 is 0 Å².